The van der Waals surface area contributed by atoms with Crippen molar-refractivity contribution in [3.8, 4) is 11.3 Å². The lowest BCUT2D eigenvalue weighted by Gasteiger charge is -2.44. The quantitative estimate of drug-likeness (QED) is 0.563. The van der Waals surface area contributed by atoms with Crippen molar-refractivity contribution >= 4 is 22.5 Å². The van der Waals surface area contributed by atoms with E-state index in [1.807, 2.05) is 47.2 Å². The van der Waals surface area contributed by atoms with Gasteiger partial charge < -0.3 is 10.1 Å². The van der Waals surface area contributed by atoms with Crippen molar-refractivity contribution in [2.24, 2.45) is 0 Å². The molecular formula is C22H23N7O. The van der Waals surface area contributed by atoms with Gasteiger partial charge in [0.2, 0.25) is 5.95 Å². The number of nitrogens with zero attached hydrogens (tertiary/aromatic N) is 6. The second kappa shape index (κ2) is 7.30. The summed E-state index contributed by atoms with van der Waals surface area (Å²) < 4.78 is 7.32. The zero-order valence-corrected chi connectivity index (χ0v) is 16.6. The fraction of sp³-hybridized carbons (Fsp3) is 0.364. The van der Waals surface area contributed by atoms with Crippen LogP contribution in [-0.2, 0) is 4.74 Å². The summed E-state index contributed by atoms with van der Waals surface area (Å²) in [7, 11) is 0. The molecule has 0 atom stereocenters. The van der Waals surface area contributed by atoms with E-state index in [1.54, 1.807) is 6.20 Å². The minimum Gasteiger partial charge on any atom is -0.379 e. The SMILES string of the molecule is c1cnc2ccc(-c3ccn4nc(NC5CC(N6CCOCC6)C5)ncc34)nc2c1. The highest BCUT2D eigenvalue weighted by molar-refractivity contribution is 5.83. The van der Waals surface area contributed by atoms with E-state index in [0.717, 1.165) is 67.0 Å². The van der Waals surface area contributed by atoms with E-state index in [0.29, 0.717) is 18.0 Å². The van der Waals surface area contributed by atoms with Crippen LogP contribution in [0.4, 0.5) is 5.95 Å². The molecule has 4 aromatic rings. The third-order valence-corrected chi connectivity index (χ3v) is 6.16. The highest BCUT2D eigenvalue weighted by Gasteiger charge is 2.34. The van der Waals surface area contributed by atoms with Crippen LogP contribution in [-0.4, -0.2) is 67.9 Å². The molecule has 152 valence electrons. The Morgan fingerprint density at radius 2 is 1.90 bits per heavy atom. The predicted molar refractivity (Wildman–Crippen MR) is 114 cm³/mol. The van der Waals surface area contributed by atoms with Crippen molar-refractivity contribution in [2.75, 3.05) is 31.6 Å². The van der Waals surface area contributed by atoms with Gasteiger partial charge in [-0.2, -0.15) is 0 Å². The van der Waals surface area contributed by atoms with Gasteiger partial charge in [0.1, 0.15) is 0 Å². The Labute approximate surface area is 173 Å². The van der Waals surface area contributed by atoms with E-state index in [2.05, 4.69) is 25.3 Å². The van der Waals surface area contributed by atoms with Crippen molar-refractivity contribution < 1.29 is 4.74 Å². The molecule has 6 rings (SSSR count). The maximum Gasteiger partial charge on any atom is 0.241 e. The second-order valence-electron chi connectivity index (χ2n) is 7.99. The summed E-state index contributed by atoms with van der Waals surface area (Å²) in [6.45, 7) is 3.80. The summed E-state index contributed by atoms with van der Waals surface area (Å²) in [6, 6.07) is 11.0. The van der Waals surface area contributed by atoms with Gasteiger partial charge in [-0.25, -0.2) is 14.5 Å². The molecule has 8 nitrogen and oxygen atoms in total. The Kier molecular flexibility index (Phi) is 4.32. The monoisotopic (exact) mass is 401 g/mol. The number of rotatable bonds is 4. The van der Waals surface area contributed by atoms with Crippen molar-refractivity contribution in [1.82, 2.24) is 29.5 Å². The number of hydrogen-bond acceptors (Lipinski definition) is 7. The number of nitrogens with one attached hydrogen (secondary N) is 1. The summed E-state index contributed by atoms with van der Waals surface area (Å²) in [5.74, 6) is 0.672. The summed E-state index contributed by atoms with van der Waals surface area (Å²) in [6.07, 6.45) is 7.88. The maximum absolute atomic E-state index is 5.45. The van der Waals surface area contributed by atoms with E-state index in [1.165, 1.54) is 0 Å². The molecule has 0 radical (unpaired) electrons. The molecule has 0 spiro atoms. The van der Waals surface area contributed by atoms with Gasteiger partial charge in [-0.3, -0.25) is 9.88 Å². The first-order chi connectivity index (χ1) is 14.8. The Hall–Kier alpha value is -3.10. The van der Waals surface area contributed by atoms with E-state index < -0.39 is 0 Å². The van der Waals surface area contributed by atoms with E-state index in [4.69, 9.17) is 9.72 Å². The molecule has 5 heterocycles. The van der Waals surface area contributed by atoms with Crippen molar-refractivity contribution in [2.45, 2.75) is 24.9 Å². The Morgan fingerprint density at radius 1 is 1.00 bits per heavy atom. The molecule has 0 bridgehead atoms. The van der Waals surface area contributed by atoms with Gasteiger partial charge in [0, 0.05) is 43.1 Å². The molecule has 1 N–H and O–H groups in total. The minimum absolute atomic E-state index is 0.431. The van der Waals surface area contributed by atoms with E-state index in [-0.39, 0.29) is 0 Å². The topological polar surface area (TPSA) is 80.5 Å². The third kappa shape index (κ3) is 3.18. The normalized spacial score (nSPS) is 22.3. The maximum atomic E-state index is 5.45. The van der Waals surface area contributed by atoms with Gasteiger partial charge in [-0.1, -0.05) is 0 Å². The number of anilines is 1. The van der Waals surface area contributed by atoms with Gasteiger partial charge in [-0.05, 0) is 43.2 Å². The molecule has 0 amide bonds. The van der Waals surface area contributed by atoms with E-state index in [9.17, 15) is 0 Å². The Morgan fingerprint density at radius 3 is 2.80 bits per heavy atom. The molecule has 1 saturated heterocycles. The molecule has 8 heteroatoms. The highest BCUT2D eigenvalue weighted by atomic mass is 16.5. The molecule has 1 saturated carbocycles. The van der Waals surface area contributed by atoms with Gasteiger partial charge >= 0.3 is 0 Å². The molecule has 0 aromatic carbocycles. The molecule has 2 aliphatic rings. The Bertz CT molecular complexity index is 1190. The predicted octanol–water partition coefficient (Wildman–Crippen LogP) is 2.61. The van der Waals surface area contributed by atoms with Crippen LogP contribution in [0.2, 0.25) is 0 Å². The lowest BCUT2D eigenvalue weighted by molar-refractivity contribution is -0.00443. The van der Waals surface area contributed by atoms with Crippen LogP contribution in [0.3, 0.4) is 0 Å². The molecule has 2 fully saturated rings. The van der Waals surface area contributed by atoms with Crippen LogP contribution >= 0.6 is 0 Å². The van der Waals surface area contributed by atoms with Crippen LogP contribution in [0.1, 0.15) is 12.8 Å². The number of pyridine rings is 2. The van der Waals surface area contributed by atoms with Gasteiger partial charge in [-0.15, -0.1) is 5.10 Å². The minimum atomic E-state index is 0.431. The first kappa shape index (κ1) is 17.7. The van der Waals surface area contributed by atoms with Crippen LogP contribution in [0, 0.1) is 0 Å². The molecular weight excluding hydrogens is 378 g/mol. The van der Waals surface area contributed by atoms with Crippen molar-refractivity contribution in [3.05, 3.63) is 48.9 Å². The zero-order chi connectivity index (χ0) is 19.9. The summed E-state index contributed by atoms with van der Waals surface area (Å²) in [5, 5.41) is 8.15. The molecule has 0 unspecified atom stereocenters. The van der Waals surface area contributed by atoms with Gasteiger partial charge in [0.15, 0.2) is 0 Å². The lowest BCUT2D eigenvalue weighted by atomic mass is 9.85. The number of aromatic nitrogens is 5. The zero-order valence-electron chi connectivity index (χ0n) is 16.6. The highest BCUT2D eigenvalue weighted by Crippen LogP contribution is 2.29. The fourth-order valence-electron chi connectivity index (χ4n) is 4.42. The molecule has 1 aliphatic heterocycles. The van der Waals surface area contributed by atoms with Crippen molar-refractivity contribution in [1.29, 1.82) is 0 Å². The van der Waals surface area contributed by atoms with Gasteiger partial charge in [0.25, 0.3) is 0 Å². The summed E-state index contributed by atoms with van der Waals surface area (Å²) >= 11 is 0. The first-order valence-electron chi connectivity index (χ1n) is 10.5. The third-order valence-electron chi connectivity index (χ3n) is 6.16. The van der Waals surface area contributed by atoms with Crippen LogP contribution < -0.4 is 5.32 Å². The average molecular weight is 401 g/mol. The number of ether oxygens (including phenoxy) is 1. The van der Waals surface area contributed by atoms with E-state index >= 15 is 0 Å². The van der Waals surface area contributed by atoms with Crippen molar-refractivity contribution in [3.63, 3.8) is 0 Å². The number of hydrogen-bond donors (Lipinski definition) is 1. The van der Waals surface area contributed by atoms with Crippen LogP contribution in [0.5, 0.6) is 0 Å². The average Bonchev–Trinajstić information content (AvgIpc) is 3.19. The van der Waals surface area contributed by atoms with Crippen LogP contribution in [0.25, 0.3) is 27.8 Å². The first-order valence-corrected chi connectivity index (χ1v) is 10.5. The lowest BCUT2D eigenvalue weighted by Crippen LogP contribution is -2.53. The second-order valence-corrected chi connectivity index (χ2v) is 7.99. The standard InChI is InChI=1S/C22H23N7O/c1-2-20-19(23-6-1)4-3-18(26-20)17-5-7-29-21(17)14-24-22(27-29)25-15-12-16(13-15)28-8-10-30-11-9-28/h1-7,14-16H,8-13H2,(H,25,27). The van der Waals surface area contributed by atoms with Crippen LogP contribution in [0.15, 0.2) is 48.9 Å². The smallest absolute Gasteiger partial charge is 0.241 e. The fourth-order valence-corrected chi connectivity index (χ4v) is 4.42. The van der Waals surface area contributed by atoms with Gasteiger partial charge in [0.05, 0.1) is 41.7 Å². The number of fused-ring (bicyclic) bond motifs is 2. The Balaban J connectivity index is 1.18. The number of morpholine rings is 1. The molecule has 1 aliphatic carbocycles. The largest absolute Gasteiger partial charge is 0.379 e. The molecule has 4 aromatic heterocycles. The summed E-state index contributed by atoms with van der Waals surface area (Å²) in [5.41, 5.74) is 4.63. The molecule has 30 heavy (non-hydrogen) atoms. The summed E-state index contributed by atoms with van der Waals surface area (Å²) in [4.78, 5) is 16.2.